The van der Waals surface area contributed by atoms with Crippen molar-refractivity contribution in [3.05, 3.63) is 17.5 Å². The zero-order chi connectivity index (χ0) is 8.55. The van der Waals surface area contributed by atoms with Gasteiger partial charge in [0, 0.05) is 6.54 Å². The number of hydrogen-bond donors (Lipinski definition) is 2. The van der Waals surface area contributed by atoms with E-state index in [1.807, 2.05) is 4.68 Å². The van der Waals surface area contributed by atoms with Gasteiger partial charge >= 0.3 is 0 Å². The molecule has 1 aliphatic rings. The van der Waals surface area contributed by atoms with E-state index in [2.05, 4.69) is 10.5 Å². The van der Waals surface area contributed by atoms with Crippen molar-refractivity contribution < 1.29 is 4.79 Å². The van der Waals surface area contributed by atoms with Gasteiger partial charge in [0.05, 0.1) is 17.5 Å². The predicted octanol–water partition coefficient (Wildman–Crippen LogP) is -0.567. The zero-order valence-electron chi connectivity index (χ0n) is 6.58. The first-order chi connectivity index (χ1) is 5.83. The number of amides is 1. The van der Waals surface area contributed by atoms with E-state index in [1.165, 1.54) is 0 Å². The summed E-state index contributed by atoms with van der Waals surface area (Å²) in [6.07, 6.45) is 3.55. The maximum Gasteiger partial charge on any atom is 0.268 e. The molecule has 2 heterocycles. The normalized spacial score (nSPS) is 14.4. The first-order valence-corrected chi connectivity index (χ1v) is 3.88. The molecule has 0 saturated carbocycles. The van der Waals surface area contributed by atoms with Gasteiger partial charge in [0.15, 0.2) is 0 Å². The largest absolute Gasteiger partial charge is 0.290 e. The van der Waals surface area contributed by atoms with Crippen LogP contribution in [0.2, 0.25) is 0 Å². The maximum absolute atomic E-state index is 11.1. The molecule has 5 nitrogen and oxygen atoms in total. The third-order valence-electron chi connectivity index (χ3n) is 2.11. The molecular weight excluding hydrogens is 156 g/mol. The molecule has 1 aromatic heterocycles. The van der Waals surface area contributed by atoms with Gasteiger partial charge in [-0.15, -0.1) is 0 Å². The number of hydrogen-bond acceptors (Lipinski definition) is 3. The summed E-state index contributed by atoms with van der Waals surface area (Å²) in [5.74, 6) is 4.77. The molecule has 0 spiro atoms. The molecule has 0 atom stereocenters. The number of nitrogen functional groups attached to an aromatic ring is 1. The van der Waals surface area contributed by atoms with Gasteiger partial charge in [0.25, 0.3) is 5.91 Å². The van der Waals surface area contributed by atoms with Crippen molar-refractivity contribution in [1.82, 2.24) is 15.2 Å². The molecule has 0 saturated heterocycles. The molecule has 0 aromatic carbocycles. The van der Waals surface area contributed by atoms with Gasteiger partial charge in [-0.05, 0) is 12.8 Å². The molecule has 2 rings (SSSR count). The third-order valence-corrected chi connectivity index (χ3v) is 2.11. The van der Waals surface area contributed by atoms with Gasteiger partial charge < -0.3 is 0 Å². The number of hydrazine groups is 1. The number of nitrogens with two attached hydrogens (primary N) is 1. The molecule has 3 N–H and O–H groups in total. The number of carbonyl (C=O) groups is 1. The number of rotatable bonds is 1. The Hall–Kier alpha value is -1.36. The van der Waals surface area contributed by atoms with Crippen molar-refractivity contribution in [3.8, 4) is 0 Å². The lowest BCUT2D eigenvalue weighted by molar-refractivity contribution is 0.0953. The number of aromatic nitrogens is 2. The quantitative estimate of drug-likeness (QED) is 0.333. The second-order valence-corrected chi connectivity index (χ2v) is 2.81. The topological polar surface area (TPSA) is 72.9 Å². The van der Waals surface area contributed by atoms with Crippen molar-refractivity contribution in [2.45, 2.75) is 19.4 Å². The average Bonchev–Trinajstić information content (AvgIpc) is 2.62. The second kappa shape index (κ2) is 2.60. The molecule has 1 aliphatic heterocycles. The predicted molar refractivity (Wildman–Crippen MR) is 42.2 cm³/mol. The summed E-state index contributed by atoms with van der Waals surface area (Å²) in [6, 6.07) is 0. The molecule has 64 valence electrons. The van der Waals surface area contributed by atoms with Crippen LogP contribution in [-0.2, 0) is 13.0 Å². The van der Waals surface area contributed by atoms with Crippen LogP contribution >= 0.6 is 0 Å². The van der Waals surface area contributed by atoms with Crippen LogP contribution in [0, 0.1) is 0 Å². The monoisotopic (exact) mass is 166 g/mol. The fraction of sp³-hybridized carbons (Fsp3) is 0.429. The standard InChI is InChI=1S/C7H10N4O/c8-10-7(12)5-4-9-11-3-1-2-6(5)11/h4H,1-3,8H2,(H,10,12). The SMILES string of the molecule is NNC(=O)c1cnn2c1CCC2. The van der Waals surface area contributed by atoms with Crippen LogP contribution in [0.25, 0.3) is 0 Å². The summed E-state index contributed by atoms with van der Waals surface area (Å²) in [5, 5.41) is 4.07. The number of carbonyl (C=O) groups excluding carboxylic acids is 1. The van der Waals surface area contributed by atoms with E-state index in [-0.39, 0.29) is 5.91 Å². The first-order valence-electron chi connectivity index (χ1n) is 3.88. The van der Waals surface area contributed by atoms with Gasteiger partial charge in [-0.3, -0.25) is 14.9 Å². The zero-order valence-corrected chi connectivity index (χ0v) is 6.58. The van der Waals surface area contributed by atoms with E-state index in [9.17, 15) is 4.79 Å². The maximum atomic E-state index is 11.1. The van der Waals surface area contributed by atoms with E-state index in [4.69, 9.17) is 5.84 Å². The van der Waals surface area contributed by atoms with E-state index >= 15 is 0 Å². The van der Waals surface area contributed by atoms with E-state index in [0.29, 0.717) is 5.56 Å². The second-order valence-electron chi connectivity index (χ2n) is 2.81. The van der Waals surface area contributed by atoms with Gasteiger partial charge in [-0.25, -0.2) is 5.84 Å². The lowest BCUT2D eigenvalue weighted by Crippen LogP contribution is -2.30. The Kier molecular flexibility index (Phi) is 1.58. The van der Waals surface area contributed by atoms with Crippen LogP contribution in [0.15, 0.2) is 6.20 Å². The van der Waals surface area contributed by atoms with Crippen LogP contribution in [-0.4, -0.2) is 15.7 Å². The lowest BCUT2D eigenvalue weighted by Gasteiger charge is -1.97. The molecule has 1 aromatic rings. The Balaban J connectivity index is 2.39. The summed E-state index contributed by atoms with van der Waals surface area (Å²) in [6.45, 7) is 0.910. The molecular formula is C7H10N4O. The average molecular weight is 166 g/mol. The summed E-state index contributed by atoms with van der Waals surface area (Å²) < 4.78 is 1.85. The molecule has 0 fully saturated rings. The molecule has 0 unspecified atom stereocenters. The van der Waals surface area contributed by atoms with Gasteiger partial charge in [0.1, 0.15) is 0 Å². The number of fused-ring (bicyclic) bond motifs is 1. The van der Waals surface area contributed by atoms with Crippen LogP contribution in [0.1, 0.15) is 22.5 Å². The van der Waals surface area contributed by atoms with E-state index in [0.717, 1.165) is 25.1 Å². The van der Waals surface area contributed by atoms with Crippen molar-refractivity contribution in [1.29, 1.82) is 0 Å². The molecule has 0 bridgehead atoms. The van der Waals surface area contributed by atoms with Crippen LogP contribution < -0.4 is 11.3 Å². The Labute approximate surface area is 69.5 Å². The van der Waals surface area contributed by atoms with Gasteiger partial charge in [-0.2, -0.15) is 5.10 Å². The van der Waals surface area contributed by atoms with E-state index < -0.39 is 0 Å². The summed E-state index contributed by atoms with van der Waals surface area (Å²) in [7, 11) is 0. The Morgan fingerprint density at radius 3 is 3.33 bits per heavy atom. The number of aryl methyl sites for hydroxylation is 1. The highest BCUT2D eigenvalue weighted by Gasteiger charge is 2.19. The minimum Gasteiger partial charge on any atom is -0.290 e. The molecule has 0 radical (unpaired) electrons. The Morgan fingerprint density at radius 2 is 2.58 bits per heavy atom. The van der Waals surface area contributed by atoms with Crippen molar-refractivity contribution in [2.75, 3.05) is 0 Å². The highest BCUT2D eigenvalue weighted by Crippen LogP contribution is 2.17. The minimum atomic E-state index is -0.252. The molecule has 0 aliphatic carbocycles. The third kappa shape index (κ3) is 0.902. The highest BCUT2D eigenvalue weighted by molar-refractivity contribution is 5.94. The minimum absolute atomic E-state index is 0.252. The molecule has 5 heteroatoms. The number of nitrogens with one attached hydrogen (secondary N) is 1. The van der Waals surface area contributed by atoms with Crippen LogP contribution in [0.4, 0.5) is 0 Å². The van der Waals surface area contributed by atoms with Gasteiger partial charge in [-0.1, -0.05) is 0 Å². The lowest BCUT2D eigenvalue weighted by atomic mass is 10.2. The smallest absolute Gasteiger partial charge is 0.268 e. The Bertz CT molecular complexity index is 317. The van der Waals surface area contributed by atoms with Crippen LogP contribution in [0.5, 0.6) is 0 Å². The van der Waals surface area contributed by atoms with Crippen molar-refractivity contribution in [2.24, 2.45) is 5.84 Å². The fourth-order valence-electron chi connectivity index (χ4n) is 1.53. The Morgan fingerprint density at radius 1 is 1.75 bits per heavy atom. The van der Waals surface area contributed by atoms with Crippen LogP contribution in [0.3, 0.4) is 0 Å². The fourth-order valence-corrected chi connectivity index (χ4v) is 1.53. The molecule has 12 heavy (non-hydrogen) atoms. The van der Waals surface area contributed by atoms with Crippen molar-refractivity contribution >= 4 is 5.91 Å². The summed E-state index contributed by atoms with van der Waals surface area (Å²) >= 11 is 0. The van der Waals surface area contributed by atoms with E-state index in [1.54, 1.807) is 6.20 Å². The van der Waals surface area contributed by atoms with Crippen molar-refractivity contribution in [3.63, 3.8) is 0 Å². The number of nitrogens with zero attached hydrogens (tertiary/aromatic N) is 2. The van der Waals surface area contributed by atoms with Gasteiger partial charge in [0.2, 0.25) is 0 Å². The molecule has 1 amide bonds. The summed E-state index contributed by atoms with van der Waals surface area (Å²) in [4.78, 5) is 11.1. The highest BCUT2D eigenvalue weighted by atomic mass is 16.2. The summed E-state index contributed by atoms with van der Waals surface area (Å²) in [5.41, 5.74) is 3.71. The first kappa shape index (κ1) is 7.30.